The summed E-state index contributed by atoms with van der Waals surface area (Å²) in [7, 11) is 0. The summed E-state index contributed by atoms with van der Waals surface area (Å²) in [5.74, 6) is 2.67. The highest BCUT2D eigenvalue weighted by Crippen LogP contribution is 2.36. The molecule has 5 heterocycles. The highest BCUT2D eigenvalue weighted by Gasteiger charge is 2.42. The predicted molar refractivity (Wildman–Crippen MR) is 139 cm³/mol. The van der Waals surface area contributed by atoms with Crippen molar-refractivity contribution in [2.24, 2.45) is 5.41 Å². The first-order valence-corrected chi connectivity index (χ1v) is 12.5. The van der Waals surface area contributed by atoms with Crippen molar-refractivity contribution in [3.63, 3.8) is 0 Å². The number of alkyl halides is 1. The van der Waals surface area contributed by atoms with Gasteiger partial charge in [0.2, 0.25) is 5.95 Å². The highest BCUT2D eigenvalue weighted by molar-refractivity contribution is 5.96. The third-order valence-electron chi connectivity index (χ3n) is 7.43. The molecule has 2 aliphatic rings. The topological polar surface area (TPSA) is 111 Å². The van der Waals surface area contributed by atoms with Gasteiger partial charge in [0.15, 0.2) is 0 Å². The van der Waals surface area contributed by atoms with Crippen LogP contribution in [0.25, 0.3) is 10.8 Å². The quantitative estimate of drug-likeness (QED) is 0.490. The van der Waals surface area contributed by atoms with Gasteiger partial charge >= 0.3 is 0 Å². The van der Waals surface area contributed by atoms with Gasteiger partial charge in [0.1, 0.15) is 23.6 Å². The molecule has 0 aliphatic carbocycles. The summed E-state index contributed by atoms with van der Waals surface area (Å²) < 4.78 is 14.5. The van der Waals surface area contributed by atoms with Crippen LogP contribution < -0.4 is 15.1 Å². The number of piperidine rings is 1. The lowest BCUT2D eigenvalue weighted by atomic mass is 9.80. The van der Waals surface area contributed by atoms with Gasteiger partial charge in [-0.3, -0.25) is 0 Å². The van der Waals surface area contributed by atoms with Gasteiger partial charge in [-0.2, -0.15) is 4.98 Å². The van der Waals surface area contributed by atoms with E-state index in [2.05, 4.69) is 39.0 Å². The average molecular weight is 496 g/mol. The van der Waals surface area contributed by atoms with Gasteiger partial charge in [-0.15, -0.1) is 0 Å². The molecule has 2 fully saturated rings. The predicted octanol–water partition coefficient (Wildman–Crippen LogP) is 3.40. The molecule has 10 heteroatoms. The minimum absolute atomic E-state index is 0.00707. The third-order valence-corrected chi connectivity index (χ3v) is 7.43. The monoisotopic (exact) mass is 495 g/mol. The van der Waals surface area contributed by atoms with Crippen LogP contribution in [0, 0.1) is 5.41 Å². The van der Waals surface area contributed by atoms with E-state index in [1.54, 1.807) is 17.2 Å². The Labute approximate surface area is 210 Å². The summed E-state index contributed by atoms with van der Waals surface area (Å²) in [5, 5.41) is 25.4. The zero-order chi connectivity index (χ0) is 25.8. The van der Waals surface area contributed by atoms with E-state index >= 15 is 0 Å². The zero-order valence-electron chi connectivity index (χ0n) is 21.4. The fourth-order valence-corrected chi connectivity index (χ4v) is 5.07. The minimum Gasteiger partial charge on any atom is -0.389 e. The summed E-state index contributed by atoms with van der Waals surface area (Å²) in [6.45, 7) is 11.0. The summed E-state index contributed by atoms with van der Waals surface area (Å²) in [5.41, 5.74) is 0.493. The summed E-state index contributed by atoms with van der Waals surface area (Å²) in [6, 6.07) is 3.75. The van der Waals surface area contributed by atoms with Crippen molar-refractivity contribution in [2.75, 3.05) is 34.8 Å². The first-order chi connectivity index (χ1) is 17.0. The Morgan fingerprint density at radius 1 is 1.08 bits per heavy atom. The molecule has 3 aromatic heterocycles. The number of aromatic nitrogens is 4. The summed E-state index contributed by atoms with van der Waals surface area (Å²) in [6.07, 6.45) is 2.61. The maximum absolute atomic E-state index is 14.5. The lowest BCUT2D eigenvalue weighted by Gasteiger charge is -2.44. The van der Waals surface area contributed by atoms with E-state index in [4.69, 9.17) is 4.98 Å². The Balaban J connectivity index is 1.44. The lowest BCUT2D eigenvalue weighted by molar-refractivity contribution is -0.0257. The number of β-amino-alcohol motifs (C(OH)–C–C–N with tert-alkyl or cyclic N) is 1. The van der Waals surface area contributed by atoms with Crippen LogP contribution in [0.4, 0.5) is 27.8 Å². The Morgan fingerprint density at radius 3 is 2.53 bits per heavy atom. The van der Waals surface area contributed by atoms with Crippen molar-refractivity contribution < 1.29 is 14.6 Å². The van der Waals surface area contributed by atoms with Gasteiger partial charge in [-0.25, -0.2) is 19.3 Å². The number of fused-ring (bicyclic) bond motifs is 1. The second-order valence-corrected chi connectivity index (χ2v) is 11.0. The lowest BCUT2D eigenvalue weighted by Crippen LogP contribution is -2.59. The maximum Gasteiger partial charge on any atom is 0.227 e. The number of hydrogen-bond donors (Lipinski definition) is 3. The smallest absolute Gasteiger partial charge is 0.227 e. The van der Waals surface area contributed by atoms with Crippen molar-refractivity contribution >= 4 is 34.2 Å². The molecule has 9 nitrogen and oxygen atoms in total. The van der Waals surface area contributed by atoms with Crippen LogP contribution in [0.3, 0.4) is 0 Å². The SMILES string of the molecule is CC(C)c1cnc(N2C[C@H](O)[C@H]2C)c2cnc(Nc3ccnc(N4C[C@H](F)[C@H](O)C(C)(C)C4)n3)cc12. The van der Waals surface area contributed by atoms with Crippen LogP contribution in [0.1, 0.15) is 46.1 Å². The Hall–Kier alpha value is -3.11. The van der Waals surface area contributed by atoms with Gasteiger partial charge in [-0.05, 0) is 35.9 Å². The molecule has 0 spiro atoms. The first-order valence-electron chi connectivity index (χ1n) is 12.5. The number of nitrogens with one attached hydrogen (secondary N) is 1. The summed E-state index contributed by atoms with van der Waals surface area (Å²) in [4.78, 5) is 22.2. The van der Waals surface area contributed by atoms with E-state index in [1.165, 1.54) is 0 Å². The van der Waals surface area contributed by atoms with Crippen molar-refractivity contribution in [3.05, 3.63) is 36.3 Å². The average Bonchev–Trinajstić information content (AvgIpc) is 2.84. The number of halogens is 1. The standard InChI is InChI=1S/C26H34FN7O2/c1-14(2)17-9-30-24(34-12-20(35)15(34)3)18-10-29-22(8-16(17)18)31-21-6-7-28-25(32-21)33-11-19(27)23(36)26(4,5)13-33/h6-10,14-15,19-20,23,35-36H,11-13H2,1-5H3,(H,28,29,31,32)/t15-,19+,20+,23+/m1/s1. The van der Waals surface area contributed by atoms with E-state index in [0.717, 1.165) is 22.2 Å². The van der Waals surface area contributed by atoms with E-state index in [9.17, 15) is 14.6 Å². The number of pyridine rings is 2. The number of rotatable bonds is 5. The number of hydrogen-bond acceptors (Lipinski definition) is 9. The van der Waals surface area contributed by atoms with Crippen LogP contribution in [-0.2, 0) is 0 Å². The van der Waals surface area contributed by atoms with E-state index in [0.29, 0.717) is 30.7 Å². The fourth-order valence-electron chi connectivity index (χ4n) is 5.07. The molecule has 3 aromatic rings. The first kappa shape index (κ1) is 24.6. The van der Waals surface area contributed by atoms with E-state index in [1.807, 2.05) is 39.2 Å². The van der Waals surface area contributed by atoms with E-state index in [-0.39, 0.29) is 24.6 Å². The molecule has 0 unspecified atom stereocenters. The minimum atomic E-state index is -1.37. The molecular formula is C26H34FN7O2. The zero-order valence-corrected chi connectivity index (χ0v) is 21.4. The van der Waals surface area contributed by atoms with Crippen molar-refractivity contribution in [2.45, 2.75) is 65.0 Å². The highest BCUT2D eigenvalue weighted by atomic mass is 19.1. The second kappa shape index (κ2) is 9.08. The van der Waals surface area contributed by atoms with Gasteiger partial charge in [0.05, 0.1) is 24.8 Å². The fraction of sp³-hybridized carbons (Fsp3) is 0.538. The van der Waals surface area contributed by atoms with Crippen LogP contribution in [-0.4, -0.2) is 74.2 Å². The third kappa shape index (κ3) is 4.32. The normalized spacial score (nSPS) is 25.8. The number of aliphatic hydroxyl groups excluding tert-OH is 2. The maximum atomic E-state index is 14.5. The molecule has 0 bridgehead atoms. The van der Waals surface area contributed by atoms with Crippen LogP contribution in [0.5, 0.6) is 0 Å². The molecule has 0 radical (unpaired) electrons. The van der Waals surface area contributed by atoms with Gasteiger partial charge < -0.3 is 25.3 Å². The van der Waals surface area contributed by atoms with E-state index < -0.39 is 17.7 Å². The van der Waals surface area contributed by atoms with Crippen LogP contribution in [0.15, 0.2) is 30.7 Å². The summed E-state index contributed by atoms with van der Waals surface area (Å²) >= 11 is 0. The molecule has 0 saturated carbocycles. The molecule has 2 aliphatic heterocycles. The molecule has 0 amide bonds. The molecule has 192 valence electrons. The van der Waals surface area contributed by atoms with Crippen molar-refractivity contribution in [1.29, 1.82) is 0 Å². The largest absolute Gasteiger partial charge is 0.389 e. The molecule has 0 aromatic carbocycles. The van der Waals surface area contributed by atoms with Crippen LogP contribution >= 0.6 is 0 Å². The molecule has 5 rings (SSSR count). The number of anilines is 4. The van der Waals surface area contributed by atoms with Crippen molar-refractivity contribution in [3.8, 4) is 0 Å². The molecule has 36 heavy (non-hydrogen) atoms. The molecular weight excluding hydrogens is 461 g/mol. The molecule has 4 atom stereocenters. The van der Waals surface area contributed by atoms with Gasteiger partial charge in [-0.1, -0.05) is 27.7 Å². The molecule has 2 saturated heterocycles. The number of nitrogens with zero attached hydrogens (tertiary/aromatic N) is 6. The Morgan fingerprint density at radius 2 is 1.86 bits per heavy atom. The van der Waals surface area contributed by atoms with Gasteiger partial charge in [0, 0.05) is 42.5 Å². The Bertz CT molecular complexity index is 1270. The second-order valence-electron chi connectivity index (χ2n) is 11.0. The van der Waals surface area contributed by atoms with Crippen LogP contribution in [0.2, 0.25) is 0 Å². The Kier molecular flexibility index (Phi) is 6.20. The van der Waals surface area contributed by atoms with Crippen molar-refractivity contribution in [1.82, 2.24) is 19.9 Å². The molecule has 3 N–H and O–H groups in total. The number of aliphatic hydroxyl groups is 2. The van der Waals surface area contributed by atoms with Gasteiger partial charge in [0.25, 0.3) is 0 Å².